The molecule has 2 rings (SSSR count). The molecule has 0 radical (unpaired) electrons. The molecule has 1 saturated heterocycles. The van der Waals surface area contributed by atoms with Gasteiger partial charge in [-0.1, -0.05) is 6.92 Å². The average molecular weight is 212 g/mol. The van der Waals surface area contributed by atoms with Crippen molar-refractivity contribution in [3.8, 4) is 0 Å². The Morgan fingerprint density at radius 1 is 1.27 bits per heavy atom. The molecule has 2 aliphatic rings. The zero-order valence-corrected chi connectivity index (χ0v) is 9.98. The summed E-state index contributed by atoms with van der Waals surface area (Å²) in [6, 6.07) is 1.17. The minimum Gasteiger partial charge on any atom is -0.381 e. The molecule has 0 aromatic rings. The Bertz CT molecular complexity index is 210. The molecule has 88 valence electrons. The Morgan fingerprint density at radius 3 is 2.67 bits per heavy atom. The summed E-state index contributed by atoms with van der Waals surface area (Å²) in [6.07, 6.45) is 5.42. The second-order valence-corrected chi connectivity index (χ2v) is 5.25. The van der Waals surface area contributed by atoms with Crippen LogP contribution in [0.25, 0.3) is 0 Å². The van der Waals surface area contributed by atoms with Gasteiger partial charge in [-0.15, -0.1) is 0 Å². The topological polar surface area (TPSA) is 38.5 Å². The summed E-state index contributed by atoms with van der Waals surface area (Å²) in [5.74, 6) is 0.653. The number of hydrogen-bond donors (Lipinski definition) is 1. The maximum atomic E-state index is 6.04. The largest absolute Gasteiger partial charge is 0.381 e. The van der Waals surface area contributed by atoms with Crippen LogP contribution in [0.4, 0.5) is 0 Å². The number of methoxy groups -OCH3 is 1. The van der Waals surface area contributed by atoms with E-state index >= 15 is 0 Å². The number of piperidine rings is 1. The number of nitrogens with zero attached hydrogens (tertiary/aromatic N) is 1. The summed E-state index contributed by atoms with van der Waals surface area (Å²) in [5, 5.41) is 0. The van der Waals surface area contributed by atoms with E-state index in [0.29, 0.717) is 18.1 Å². The lowest BCUT2D eigenvalue weighted by molar-refractivity contribution is 0.0816. The van der Waals surface area contributed by atoms with E-state index in [1.54, 1.807) is 0 Å². The number of rotatable bonds is 2. The van der Waals surface area contributed by atoms with Gasteiger partial charge in [0.1, 0.15) is 0 Å². The van der Waals surface area contributed by atoms with Gasteiger partial charge in [-0.2, -0.15) is 0 Å². The first-order chi connectivity index (χ1) is 7.20. The number of ether oxygens (including phenoxy) is 1. The van der Waals surface area contributed by atoms with E-state index in [-0.39, 0.29) is 0 Å². The molecule has 0 amide bonds. The predicted octanol–water partition coefficient (Wildman–Crippen LogP) is 1.22. The van der Waals surface area contributed by atoms with Crippen LogP contribution in [-0.4, -0.2) is 43.3 Å². The highest BCUT2D eigenvalue weighted by Crippen LogP contribution is 2.29. The van der Waals surface area contributed by atoms with Crippen molar-refractivity contribution in [2.45, 2.75) is 50.8 Å². The van der Waals surface area contributed by atoms with Gasteiger partial charge in [-0.05, 0) is 38.1 Å². The first kappa shape index (κ1) is 11.4. The van der Waals surface area contributed by atoms with Crippen LogP contribution in [0.1, 0.15) is 32.6 Å². The van der Waals surface area contributed by atoms with Crippen molar-refractivity contribution in [3.63, 3.8) is 0 Å². The van der Waals surface area contributed by atoms with E-state index in [1.807, 2.05) is 7.11 Å². The lowest BCUT2D eigenvalue weighted by Crippen LogP contribution is -2.49. The Balaban J connectivity index is 1.84. The van der Waals surface area contributed by atoms with Crippen molar-refractivity contribution < 1.29 is 4.74 Å². The van der Waals surface area contributed by atoms with Crippen molar-refractivity contribution in [2.24, 2.45) is 11.7 Å². The van der Waals surface area contributed by atoms with E-state index in [2.05, 4.69) is 11.8 Å². The molecule has 1 aliphatic heterocycles. The van der Waals surface area contributed by atoms with Gasteiger partial charge in [0.05, 0.1) is 6.10 Å². The molecule has 3 heteroatoms. The Labute approximate surface area is 93.0 Å². The fraction of sp³-hybridized carbons (Fsp3) is 1.00. The molecule has 15 heavy (non-hydrogen) atoms. The second kappa shape index (κ2) is 4.81. The Hall–Kier alpha value is -0.120. The molecule has 1 aliphatic carbocycles. The highest BCUT2D eigenvalue weighted by molar-refractivity contribution is 4.88. The van der Waals surface area contributed by atoms with E-state index in [9.17, 15) is 0 Å². The maximum absolute atomic E-state index is 6.04. The monoisotopic (exact) mass is 212 g/mol. The minimum absolute atomic E-state index is 0.417. The van der Waals surface area contributed by atoms with Gasteiger partial charge in [-0.3, -0.25) is 4.90 Å². The summed E-state index contributed by atoms with van der Waals surface area (Å²) in [4.78, 5) is 2.63. The molecule has 3 nitrogen and oxygen atoms in total. The zero-order chi connectivity index (χ0) is 10.8. The van der Waals surface area contributed by atoms with Crippen molar-refractivity contribution in [3.05, 3.63) is 0 Å². The molecule has 4 unspecified atom stereocenters. The lowest BCUT2D eigenvalue weighted by atomic mass is 9.93. The third-order valence-corrected chi connectivity index (χ3v) is 4.21. The minimum atomic E-state index is 0.417. The van der Waals surface area contributed by atoms with Crippen molar-refractivity contribution in [1.82, 2.24) is 4.90 Å². The maximum Gasteiger partial charge on any atom is 0.0586 e. The SMILES string of the molecule is COC1CCC(N2CCC(N)C(C)C2)C1. The normalized spacial score (nSPS) is 43.4. The van der Waals surface area contributed by atoms with Gasteiger partial charge >= 0.3 is 0 Å². The summed E-state index contributed by atoms with van der Waals surface area (Å²) < 4.78 is 5.43. The summed E-state index contributed by atoms with van der Waals surface area (Å²) in [5.41, 5.74) is 6.04. The molecular weight excluding hydrogens is 188 g/mol. The molecule has 1 saturated carbocycles. The van der Waals surface area contributed by atoms with Crippen LogP contribution < -0.4 is 5.73 Å². The molecule has 0 bridgehead atoms. The molecule has 0 spiro atoms. The van der Waals surface area contributed by atoms with Crippen LogP contribution in [-0.2, 0) is 4.74 Å². The molecular formula is C12H24N2O. The van der Waals surface area contributed by atoms with E-state index in [1.165, 1.54) is 32.4 Å². The Morgan fingerprint density at radius 2 is 2.07 bits per heavy atom. The predicted molar refractivity (Wildman–Crippen MR) is 61.8 cm³/mol. The quantitative estimate of drug-likeness (QED) is 0.748. The summed E-state index contributed by atoms with van der Waals surface area (Å²) in [7, 11) is 1.84. The fourth-order valence-electron chi connectivity index (χ4n) is 2.99. The van der Waals surface area contributed by atoms with Gasteiger partial charge in [0, 0.05) is 25.7 Å². The van der Waals surface area contributed by atoms with Crippen LogP contribution >= 0.6 is 0 Å². The van der Waals surface area contributed by atoms with Gasteiger partial charge in [0.15, 0.2) is 0 Å². The number of hydrogen-bond acceptors (Lipinski definition) is 3. The lowest BCUT2D eigenvalue weighted by Gasteiger charge is -2.38. The van der Waals surface area contributed by atoms with Crippen LogP contribution in [0.3, 0.4) is 0 Å². The molecule has 0 aromatic heterocycles. The third-order valence-electron chi connectivity index (χ3n) is 4.21. The van der Waals surface area contributed by atoms with Crippen LogP contribution in [0.5, 0.6) is 0 Å². The fourth-order valence-corrected chi connectivity index (χ4v) is 2.99. The van der Waals surface area contributed by atoms with Crippen LogP contribution in [0.15, 0.2) is 0 Å². The van der Waals surface area contributed by atoms with E-state index in [0.717, 1.165) is 12.5 Å². The first-order valence-corrected chi connectivity index (χ1v) is 6.23. The van der Waals surface area contributed by atoms with Crippen molar-refractivity contribution in [1.29, 1.82) is 0 Å². The molecule has 1 heterocycles. The Kier molecular flexibility index (Phi) is 3.65. The second-order valence-electron chi connectivity index (χ2n) is 5.25. The summed E-state index contributed by atoms with van der Waals surface area (Å²) in [6.45, 7) is 4.65. The van der Waals surface area contributed by atoms with Gasteiger partial charge < -0.3 is 10.5 Å². The van der Waals surface area contributed by atoms with Gasteiger partial charge in [0.2, 0.25) is 0 Å². The van der Waals surface area contributed by atoms with Crippen molar-refractivity contribution >= 4 is 0 Å². The smallest absolute Gasteiger partial charge is 0.0586 e. The van der Waals surface area contributed by atoms with Crippen LogP contribution in [0.2, 0.25) is 0 Å². The highest BCUT2D eigenvalue weighted by atomic mass is 16.5. The third kappa shape index (κ3) is 2.52. The molecule has 2 N–H and O–H groups in total. The van der Waals surface area contributed by atoms with Crippen molar-refractivity contribution in [2.75, 3.05) is 20.2 Å². The molecule has 0 aromatic carbocycles. The van der Waals surface area contributed by atoms with Crippen LogP contribution in [0, 0.1) is 5.92 Å². The molecule has 2 fully saturated rings. The van der Waals surface area contributed by atoms with Gasteiger partial charge in [0.25, 0.3) is 0 Å². The molecule has 4 atom stereocenters. The van der Waals surface area contributed by atoms with Gasteiger partial charge in [-0.25, -0.2) is 0 Å². The summed E-state index contributed by atoms with van der Waals surface area (Å²) >= 11 is 0. The zero-order valence-electron chi connectivity index (χ0n) is 9.98. The number of nitrogens with two attached hydrogens (primary N) is 1. The highest BCUT2D eigenvalue weighted by Gasteiger charge is 2.33. The van der Waals surface area contributed by atoms with E-state index in [4.69, 9.17) is 10.5 Å². The standard InChI is InChI=1S/C12H24N2O/c1-9-8-14(6-5-12(9)13)10-3-4-11(7-10)15-2/h9-12H,3-8,13H2,1-2H3. The number of likely N-dealkylation sites (tertiary alicyclic amines) is 1. The first-order valence-electron chi connectivity index (χ1n) is 6.23. The average Bonchev–Trinajstić information content (AvgIpc) is 2.70. The van der Waals surface area contributed by atoms with E-state index < -0.39 is 0 Å².